The molecule has 0 aliphatic heterocycles. The van der Waals surface area contributed by atoms with Gasteiger partial charge in [-0.1, -0.05) is 31.9 Å². The lowest BCUT2D eigenvalue weighted by Gasteiger charge is -2.42. The molecule has 148 valence electrons. The van der Waals surface area contributed by atoms with Crippen LogP contribution >= 0.6 is 0 Å². The van der Waals surface area contributed by atoms with Crippen molar-refractivity contribution in [3.8, 4) is 0 Å². The molecule has 0 atom stereocenters. The van der Waals surface area contributed by atoms with Crippen LogP contribution in [0.2, 0.25) is 0 Å². The van der Waals surface area contributed by atoms with E-state index in [9.17, 15) is 0 Å². The fourth-order valence-electron chi connectivity index (χ4n) is 7.45. The highest BCUT2D eigenvalue weighted by Crippen LogP contribution is 2.47. The van der Waals surface area contributed by atoms with Crippen molar-refractivity contribution in [3.63, 3.8) is 0 Å². The van der Waals surface area contributed by atoms with Crippen molar-refractivity contribution in [2.45, 2.75) is 110 Å². The number of allylic oxidation sites excluding steroid dienone is 1. The third-order valence-corrected chi connectivity index (χ3v) is 9.43. The van der Waals surface area contributed by atoms with Crippen LogP contribution in [0.3, 0.4) is 0 Å². The maximum absolute atomic E-state index is 4.21. The largest absolute Gasteiger partial charge is 0.0999 e. The summed E-state index contributed by atoms with van der Waals surface area (Å²) >= 11 is 0. The fourth-order valence-corrected chi connectivity index (χ4v) is 7.45. The normalized spacial score (nSPS) is 43.3. The van der Waals surface area contributed by atoms with Gasteiger partial charge in [-0.3, -0.25) is 0 Å². The molecule has 4 aliphatic rings. The van der Waals surface area contributed by atoms with Crippen LogP contribution in [-0.4, -0.2) is 0 Å². The quantitative estimate of drug-likeness (QED) is 0.447. The van der Waals surface area contributed by atoms with Gasteiger partial charge < -0.3 is 0 Å². The first-order valence-corrected chi connectivity index (χ1v) is 12.4. The van der Waals surface area contributed by atoms with E-state index in [4.69, 9.17) is 0 Å². The molecule has 26 heavy (non-hydrogen) atoms. The van der Waals surface area contributed by atoms with Crippen molar-refractivity contribution in [2.24, 2.45) is 41.4 Å². The Kier molecular flexibility index (Phi) is 6.48. The van der Waals surface area contributed by atoms with E-state index >= 15 is 0 Å². The van der Waals surface area contributed by atoms with Gasteiger partial charge in [0.25, 0.3) is 0 Å². The van der Waals surface area contributed by atoms with Gasteiger partial charge in [-0.25, -0.2) is 0 Å². The van der Waals surface area contributed by atoms with E-state index in [1.165, 1.54) is 44.1 Å². The van der Waals surface area contributed by atoms with E-state index in [2.05, 4.69) is 13.5 Å². The van der Waals surface area contributed by atoms with Crippen LogP contribution in [0.1, 0.15) is 110 Å². The van der Waals surface area contributed by atoms with Gasteiger partial charge in [-0.05, 0) is 131 Å². The Labute approximate surface area is 163 Å². The summed E-state index contributed by atoms with van der Waals surface area (Å²) in [6.07, 6.45) is 24.3. The molecule has 4 aliphatic carbocycles. The maximum Gasteiger partial charge on any atom is -0.0320 e. The van der Waals surface area contributed by atoms with Crippen LogP contribution < -0.4 is 0 Å². The summed E-state index contributed by atoms with van der Waals surface area (Å²) in [4.78, 5) is 0. The molecule has 0 radical (unpaired) electrons. The van der Waals surface area contributed by atoms with E-state index in [0.717, 1.165) is 41.4 Å². The molecule has 0 unspecified atom stereocenters. The summed E-state index contributed by atoms with van der Waals surface area (Å²) in [6.45, 7) is 6.68. The van der Waals surface area contributed by atoms with Crippen molar-refractivity contribution < 1.29 is 0 Å². The first-order chi connectivity index (χ1) is 12.7. The van der Waals surface area contributed by atoms with Crippen LogP contribution in [0, 0.1) is 41.4 Å². The number of hydrogen-bond donors (Lipinski definition) is 0. The highest BCUT2D eigenvalue weighted by Gasteiger charge is 2.35. The minimum atomic E-state index is 1.01. The van der Waals surface area contributed by atoms with E-state index in [0.29, 0.717) is 0 Å². The highest BCUT2D eigenvalue weighted by atomic mass is 14.4. The van der Waals surface area contributed by atoms with Crippen molar-refractivity contribution in [1.29, 1.82) is 0 Å². The predicted molar refractivity (Wildman–Crippen MR) is 113 cm³/mol. The zero-order valence-electron chi connectivity index (χ0n) is 17.6. The first-order valence-electron chi connectivity index (χ1n) is 12.4. The van der Waals surface area contributed by atoms with Gasteiger partial charge in [-0.15, -0.1) is 0 Å². The van der Waals surface area contributed by atoms with Crippen molar-refractivity contribution in [2.75, 3.05) is 0 Å². The van der Waals surface area contributed by atoms with Crippen LogP contribution in [-0.2, 0) is 0 Å². The Bertz CT molecular complexity index is 429. The lowest BCUT2D eigenvalue weighted by molar-refractivity contribution is 0.0929. The Morgan fingerprint density at radius 1 is 0.462 bits per heavy atom. The average molecular weight is 357 g/mol. The lowest BCUT2D eigenvalue weighted by Crippen LogP contribution is -2.31. The maximum atomic E-state index is 4.21. The Morgan fingerprint density at radius 2 is 0.731 bits per heavy atom. The van der Waals surface area contributed by atoms with Crippen LogP contribution in [0.4, 0.5) is 0 Å². The van der Waals surface area contributed by atoms with E-state index < -0.39 is 0 Å². The van der Waals surface area contributed by atoms with Gasteiger partial charge >= 0.3 is 0 Å². The molecule has 0 amide bonds. The molecule has 0 heterocycles. The van der Waals surface area contributed by atoms with Crippen molar-refractivity contribution in [3.05, 3.63) is 12.2 Å². The van der Waals surface area contributed by atoms with E-state index in [-0.39, 0.29) is 0 Å². The van der Waals surface area contributed by atoms with Gasteiger partial charge in [0, 0.05) is 0 Å². The summed E-state index contributed by atoms with van der Waals surface area (Å²) in [6, 6.07) is 0. The predicted octanol–water partition coefficient (Wildman–Crippen LogP) is 8.17. The molecule has 0 heteroatoms. The zero-order chi connectivity index (χ0) is 17.9. The fraction of sp³-hybridized carbons (Fsp3) is 0.923. The first kappa shape index (κ1) is 19.1. The summed E-state index contributed by atoms with van der Waals surface area (Å²) in [5.74, 6) is 7.53. The molecule has 0 saturated heterocycles. The minimum Gasteiger partial charge on any atom is -0.0999 e. The molecular weight excluding hydrogens is 312 g/mol. The molecule has 4 saturated carbocycles. The third-order valence-electron chi connectivity index (χ3n) is 9.43. The summed E-state index contributed by atoms with van der Waals surface area (Å²) in [7, 11) is 0. The van der Waals surface area contributed by atoms with E-state index in [1.54, 1.807) is 64.2 Å². The Balaban J connectivity index is 1.18. The third kappa shape index (κ3) is 4.59. The number of rotatable bonds is 3. The van der Waals surface area contributed by atoms with Gasteiger partial charge in [0.1, 0.15) is 0 Å². The molecule has 0 nitrogen and oxygen atoms in total. The van der Waals surface area contributed by atoms with Gasteiger partial charge in [0.05, 0.1) is 0 Å². The van der Waals surface area contributed by atoms with Gasteiger partial charge in [-0.2, -0.15) is 0 Å². The second kappa shape index (κ2) is 8.83. The molecule has 4 rings (SSSR count). The molecular formula is C26H44. The van der Waals surface area contributed by atoms with Gasteiger partial charge in [0.15, 0.2) is 0 Å². The molecule has 0 aromatic carbocycles. The van der Waals surface area contributed by atoms with Crippen LogP contribution in [0.15, 0.2) is 12.2 Å². The smallest absolute Gasteiger partial charge is 0.0320 e. The second-order valence-electron chi connectivity index (χ2n) is 11.0. The standard InChI is InChI=1S/C26H44/c1-19-3-7-21(8-4-19)23-11-15-25(16-12-23)26-17-13-24(14-18-26)22-9-5-20(2)6-10-22/h20-26H,1,3-18H2,2H3. The molecule has 0 bridgehead atoms. The summed E-state index contributed by atoms with van der Waals surface area (Å²) in [5.41, 5.74) is 1.53. The van der Waals surface area contributed by atoms with Crippen LogP contribution in [0.5, 0.6) is 0 Å². The van der Waals surface area contributed by atoms with Gasteiger partial charge in [0.2, 0.25) is 0 Å². The molecule has 0 spiro atoms. The molecule has 0 aromatic rings. The Morgan fingerprint density at radius 3 is 1.08 bits per heavy atom. The number of hydrogen-bond acceptors (Lipinski definition) is 0. The monoisotopic (exact) mass is 356 g/mol. The van der Waals surface area contributed by atoms with Crippen molar-refractivity contribution >= 4 is 0 Å². The highest BCUT2D eigenvalue weighted by molar-refractivity contribution is 4.99. The average Bonchev–Trinajstić information content (AvgIpc) is 2.70. The zero-order valence-corrected chi connectivity index (χ0v) is 17.6. The lowest BCUT2D eigenvalue weighted by atomic mass is 9.63. The SMILES string of the molecule is C=C1CCC(C2CCC(C3CCC(C4CCC(C)CC4)CC3)CC2)CC1. The Hall–Kier alpha value is -0.260. The molecule has 0 aromatic heterocycles. The topological polar surface area (TPSA) is 0 Å². The second-order valence-corrected chi connectivity index (χ2v) is 11.0. The summed E-state index contributed by atoms with van der Waals surface area (Å²) in [5, 5.41) is 0. The van der Waals surface area contributed by atoms with Crippen molar-refractivity contribution in [1.82, 2.24) is 0 Å². The molecule has 4 fully saturated rings. The molecule has 0 N–H and O–H groups in total. The minimum absolute atomic E-state index is 1.01. The summed E-state index contributed by atoms with van der Waals surface area (Å²) < 4.78 is 0. The van der Waals surface area contributed by atoms with E-state index in [1.807, 2.05) is 0 Å². The van der Waals surface area contributed by atoms with Crippen LogP contribution in [0.25, 0.3) is 0 Å².